The van der Waals surface area contributed by atoms with Crippen molar-refractivity contribution in [3.05, 3.63) is 72.6 Å². The standard InChI is InChI=1S/C19H15FN4O3/c20-14-7-5-13(6-8-14)18-22-19(27-23-18)16-4-1-9-24(16)12-17(25)21-11-15-3-2-10-26-15/h1-10H,11-12H2,(H,21,25). The summed E-state index contributed by atoms with van der Waals surface area (Å²) in [4.78, 5) is 16.5. The third kappa shape index (κ3) is 3.79. The molecule has 1 amide bonds. The van der Waals surface area contributed by atoms with Gasteiger partial charge in [0.25, 0.3) is 5.89 Å². The average Bonchev–Trinajstić information content (AvgIpc) is 3.42. The van der Waals surface area contributed by atoms with Crippen LogP contribution < -0.4 is 5.32 Å². The second-order valence-corrected chi connectivity index (χ2v) is 5.81. The Hall–Kier alpha value is -3.68. The fraction of sp³-hybridized carbons (Fsp3) is 0.105. The van der Waals surface area contributed by atoms with E-state index in [1.807, 2.05) is 0 Å². The third-order valence-electron chi connectivity index (χ3n) is 3.93. The molecule has 3 aromatic heterocycles. The van der Waals surface area contributed by atoms with Crippen LogP contribution in [0.3, 0.4) is 0 Å². The Bertz CT molecular complexity index is 1040. The quantitative estimate of drug-likeness (QED) is 0.566. The number of carbonyl (C=O) groups is 1. The van der Waals surface area contributed by atoms with E-state index in [4.69, 9.17) is 8.94 Å². The van der Waals surface area contributed by atoms with Gasteiger partial charge in [0.1, 0.15) is 23.8 Å². The first-order valence-corrected chi connectivity index (χ1v) is 8.23. The molecule has 0 saturated carbocycles. The van der Waals surface area contributed by atoms with E-state index in [9.17, 15) is 9.18 Å². The lowest BCUT2D eigenvalue weighted by Crippen LogP contribution is -2.26. The highest BCUT2D eigenvalue weighted by atomic mass is 19.1. The molecule has 0 saturated heterocycles. The summed E-state index contributed by atoms with van der Waals surface area (Å²) in [6.07, 6.45) is 3.31. The lowest BCUT2D eigenvalue weighted by Gasteiger charge is -2.07. The van der Waals surface area contributed by atoms with Crippen molar-refractivity contribution in [3.63, 3.8) is 0 Å². The molecule has 1 N–H and O–H groups in total. The number of aromatic nitrogens is 3. The summed E-state index contributed by atoms with van der Waals surface area (Å²) in [5.74, 6) is 0.786. The maximum absolute atomic E-state index is 13.0. The third-order valence-corrected chi connectivity index (χ3v) is 3.93. The monoisotopic (exact) mass is 366 g/mol. The molecule has 0 bridgehead atoms. The number of hydrogen-bond donors (Lipinski definition) is 1. The molecule has 136 valence electrons. The van der Waals surface area contributed by atoms with Crippen LogP contribution >= 0.6 is 0 Å². The fourth-order valence-corrected chi connectivity index (χ4v) is 2.60. The van der Waals surface area contributed by atoms with Gasteiger partial charge in [-0.05, 0) is 48.5 Å². The van der Waals surface area contributed by atoms with Gasteiger partial charge in [0, 0.05) is 11.8 Å². The number of halogens is 1. The SMILES string of the molecule is O=C(Cn1cccc1-c1nc(-c2ccc(F)cc2)no1)NCc1ccco1. The maximum Gasteiger partial charge on any atom is 0.274 e. The molecule has 3 heterocycles. The van der Waals surface area contributed by atoms with Crippen molar-refractivity contribution in [2.75, 3.05) is 0 Å². The minimum atomic E-state index is -0.336. The second kappa shape index (κ2) is 7.28. The molecule has 27 heavy (non-hydrogen) atoms. The number of benzene rings is 1. The lowest BCUT2D eigenvalue weighted by molar-refractivity contribution is -0.121. The predicted octanol–water partition coefficient (Wildman–Crippen LogP) is 3.25. The fourth-order valence-electron chi connectivity index (χ4n) is 2.60. The summed E-state index contributed by atoms with van der Waals surface area (Å²) in [5.41, 5.74) is 1.25. The van der Waals surface area contributed by atoms with Gasteiger partial charge in [-0.25, -0.2) is 4.39 Å². The Kier molecular flexibility index (Phi) is 4.52. The van der Waals surface area contributed by atoms with Gasteiger partial charge < -0.3 is 18.8 Å². The van der Waals surface area contributed by atoms with Gasteiger partial charge in [0.2, 0.25) is 11.7 Å². The molecule has 0 unspecified atom stereocenters. The van der Waals surface area contributed by atoms with Gasteiger partial charge in [-0.1, -0.05) is 5.16 Å². The zero-order valence-corrected chi connectivity index (χ0v) is 14.1. The van der Waals surface area contributed by atoms with E-state index < -0.39 is 0 Å². The molecule has 4 aromatic rings. The summed E-state index contributed by atoms with van der Waals surface area (Å²) in [6.45, 7) is 0.412. The molecule has 7 nitrogen and oxygen atoms in total. The minimum absolute atomic E-state index is 0.0945. The van der Waals surface area contributed by atoms with E-state index in [-0.39, 0.29) is 24.2 Å². The van der Waals surface area contributed by atoms with Crippen LogP contribution in [0, 0.1) is 5.82 Å². The average molecular weight is 366 g/mol. The maximum atomic E-state index is 13.0. The van der Waals surface area contributed by atoms with Crippen LogP contribution in [0.15, 0.2) is 69.9 Å². The van der Waals surface area contributed by atoms with E-state index in [0.29, 0.717) is 29.4 Å². The van der Waals surface area contributed by atoms with Crippen LogP contribution in [-0.4, -0.2) is 20.6 Å². The normalized spacial score (nSPS) is 10.9. The molecular weight excluding hydrogens is 351 g/mol. The van der Waals surface area contributed by atoms with E-state index in [1.165, 1.54) is 12.1 Å². The molecule has 0 aliphatic rings. The van der Waals surface area contributed by atoms with Crippen LogP contribution in [0.5, 0.6) is 0 Å². The number of nitrogens with one attached hydrogen (secondary N) is 1. The van der Waals surface area contributed by atoms with Crippen molar-refractivity contribution >= 4 is 5.91 Å². The summed E-state index contributed by atoms with van der Waals surface area (Å²) >= 11 is 0. The molecular formula is C19H15FN4O3. The summed E-state index contributed by atoms with van der Waals surface area (Å²) in [7, 11) is 0. The summed E-state index contributed by atoms with van der Waals surface area (Å²) in [5, 5.41) is 6.71. The molecule has 0 fully saturated rings. The molecule has 4 rings (SSSR count). The number of hydrogen-bond acceptors (Lipinski definition) is 5. The highest BCUT2D eigenvalue weighted by Crippen LogP contribution is 2.23. The lowest BCUT2D eigenvalue weighted by atomic mass is 10.2. The first kappa shape index (κ1) is 16.8. The zero-order chi connectivity index (χ0) is 18.6. The van der Waals surface area contributed by atoms with E-state index >= 15 is 0 Å². The Labute approximate surface area is 153 Å². The Morgan fingerprint density at radius 2 is 2.00 bits per heavy atom. The minimum Gasteiger partial charge on any atom is -0.467 e. The van der Waals surface area contributed by atoms with Crippen LogP contribution in [0.1, 0.15) is 5.76 Å². The molecule has 1 aromatic carbocycles. The smallest absolute Gasteiger partial charge is 0.274 e. The van der Waals surface area contributed by atoms with Crippen LogP contribution in [0.4, 0.5) is 4.39 Å². The second-order valence-electron chi connectivity index (χ2n) is 5.81. The Balaban J connectivity index is 1.47. The highest BCUT2D eigenvalue weighted by molar-refractivity contribution is 5.76. The Morgan fingerprint density at radius 1 is 1.15 bits per heavy atom. The number of amides is 1. The first-order valence-electron chi connectivity index (χ1n) is 8.23. The van der Waals surface area contributed by atoms with E-state index in [1.54, 1.807) is 53.4 Å². The molecule has 0 radical (unpaired) electrons. The predicted molar refractivity (Wildman–Crippen MR) is 93.7 cm³/mol. The highest BCUT2D eigenvalue weighted by Gasteiger charge is 2.15. The molecule has 0 aliphatic heterocycles. The van der Waals surface area contributed by atoms with Crippen LogP contribution in [-0.2, 0) is 17.9 Å². The van der Waals surface area contributed by atoms with E-state index in [0.717, 1.165) is 0 Å². The zero-order valence-electron chi connectivity index (χ0n) is 14.1. The number of nitrogens with zero attached hydrogens (tertiary/aromatic N) is 3. The van der Waals surface area contributed by atoms with Gasteiger partial charge in [-0.15, -0.1) is 0 Å². The van der Waals surface area contributed by atoms with Crippen LogP contribution in [0.2, 0.25) is 0 Å². The van der Waals surface area contributed by atoms with E-state index in [2.05, 4.69) is 15.5 Å². The van der Waals surface area contributed by atoms with Gasteiger partial charge in [0.05, 0.1) is 12.8 Å². The topological polar surface area (TPSA) is 86.1 Å². The largest absolute Gasteiger partial charge is 0.467 e. The molecule has 0 spiro atoms. The number of rotatable bonds is 6. The van der Waals surface area contributed by atoms with Crippen molar-refractivity contribution in [1.29, 1.82) is 0 Å². The number of carbonyl (C=O) groups excluding carboxylic acids is 1. The van der Waals surface area contributed by atoms with Crippen molar-refractivity contribution in [3.8, 4) is 23.0 Å². The van der Waals surface area contributed by atoms with Crippen molar-refractivity contribution in [1.82, 2.24) is 20.0 Å². The summed E-state index contributed by atoms with van der Waals surface area (Å²) < 4.78 is 25.3. The summed E-state index contributed by atoms with van der Waals surface area (Å²) in [6, 6.07) is 12.9. The van der Waals surface area contributed by atoms with Gasteiger partial charge in [-0.2, -0.15) is 4.98 Å². The number of furan rings is 1. The van der Waals surface area contributed by atoms with Gasteiger partial charge in [0.15, 0.2) is 0 Å². The van der Waals surface area contributed by atoms with Crippen molar-refractivity contribution < 1.29 is 18.1 Å². The molecule has 0 aliphatic carbocycles. The van der Waals surface area contributed by atoms with Gasteiger partial charge in [-0.3, -0.25) is 4.79 Å². The van der Waals surface area contributed by atoms with Crippen LogP contribution in [0.25, 0.3) is 23.0 Å². The van der Waals surface area contributed by atoms with Gasteiger partial charge >= 0.3 is 0 Å². The van der Waals surface area contributed by atoms with Crippen molar-refractivity contribution in [2.45, 2.75) is 13.1 Å². The Morgan fingerprint density at radius 3 is 2.78 bits per heavy atom. The van der Waals surface area contributed by atoms with Crippen molar-refractivity contribution in [2.24, 2.45) is 0 Å². The molecule has 0 atom stereocenters. The molecule has 8 heteroatoms. The first-order chi connectivity index (χ1) is 13.2.